The molecule has 4 heteroatoms. The molecule has 1 amide bonds. The van der Waals surface area contributed by atoms with Gasteiger partial charge in [-0.3, -0.25) is 4.79 Å². The molecule has 0 heterocycles. The van der Waals surface area contributed by atoms with E-state index in [0.29, 0.717) is 17.0 Å². The van der Waals surface area contributed by atoms with Gasteiger partial charge in [-0.1, -0.05) is 13.3 Å². The molecule has 0 aliphatic carbocycles. The summed E-state index contributed by atoms with van der Waals surface area (Å²) in [6, 6.07) is 5.22. The van der Waals surface area contributed by atoms with Crippen LogP contribution in [0.25, 0.3) is 0 Å². The summed E-state index contributed by atoms with van der Waals surface area (Å²) in [7, 11) is 1.55. The molecule has 0 radical (unpaired) electrons. The molecule has 0 aliphatic heterocycles. The van der Waals surface area contributed by atoms with Crippen LogP contribution in [0.3, 0.4) is 0 Å². The van der Waals surface area contributed by atoms with E-state index in [1.807, 2.05) is 6.92 Å². The first-order valence-electron chi connectivity index (χ1n) is 5.82. The summed E-state index contributed by atoms with van der Waals surface area (Å²) in [5.74, 6) is 0.489. The average Bonchev–Trinajstić information content (AvgIpc) is 2.29. The number of nitrogen functional groups attached to an aromatic ring is 1. The highest BCUT2D eigenvalue weighted by Gasteiger charge is 2.10. The first-order valence-corrected chi connectivity index (χ1v) is 5.82. The summed E-state index contributed by atoms with van der Waals surface area (Å²) in [6.07, 6.45) is 2.02. The van der Waals surface area contributed by atoms with Crippen molar-refractivity contribution in [3.05, 3.63) is 23.8 Å². The van der Waals surface area contributed by atoms with Crippen LogP contribution in [0.5, 0.6) is 5.75 Å². The molecule has 3 N–H and O–H groups in total. The lowest BCUT2D eigenvalue weighted by Gasteiger charge is -2.13. The Kier molecular flexibility index (Phi) is 4.82. The third-order valence-electron chi connectivity index (χ3n) is 2.59. The van der Waals surface area contributed by atoms with E-state index in [0.717, 1.165) is 12.8 Å². The van der Waals surface area contributed by atoms with Gasteiger partial charge in [0.05, 0.1) is 12.8 Å². The first kappa shape index (κ1) is 13.4. The van der Waals surface area contributed by atoms with E-state index in [4.69, 9.17) is 10.5 Å². The summed E-state index contributed by atoms with van der Waals surface area (Å²) in [5.41, 5.74) is 6.79. The van der Waals surface area contributed by atoms with E-state index >= 15 is 0 Å². The van der Waals surface area contributed by atoms with E-state index in [2.05, 4.69) is 12.2 Å². The Morgan fingerprint density at radius 3 is 2.76 bits per heavy atom. The molecule has 4 nitrogen and oxygen atoms in total. The summed E-state index contributed by atoms with van der Waals surface area (Å²) in [4.78, 5) is 11.9. The number of ether oxygens (including phenoxy) is 1. The molecule has 0 spiro atoms. The fraction of sp³-hybridized carbons (Fsp3) is 0.462. The Morgan fingerprint density at radius 2 is 2.24 bits per heavy atom. The minimum Gasteiger partial charge on any atom is -0.495 e. The third kappa shape index (κ3) is 3.66. The minimum atomic E-state index is -0.0969. The highest BCUT2D eigenvalue weighted by molar-refractivity contribution is 5.95. The van der Waals surface area contributed by atoms with Gasteiger partial charge in [0.2, 0.25) is 0 Å². The molecular formula is C13H20N2O2. The molecule has 1 unspecified atom stereocenters. The topological polar surface area (TPSA) is 64.3 Å². The van der Waals surface area contributed by atoms with E-state index in [-0.39, 0.29) is 11.9 Å². The van der Waals surface area contributed by atoms with Gasteiger partial charge in [0, 0.05) is 11.6 Å². The van der Waals surface area contributed by atoms with Crippen molar-refractivity contribution in [2.75, 3.05) is 12.8 Å². The zero-order valence-corrected chi connectivity index (χ0v) is 10.6. The molecule has 1 aromatic rings. The molecule has 0 bridgehead atoms. The van der Waals surface area contributed by atoms with Crippen LogP contribution in [0.1, 0.15) is 37.0 Å². The Morgan fingerprint density at radius 1 is 1.53 bits per heavy atom. The van der Waals surface area contributed by atoms with Gasteiger partial charge in [0.1, 0.15) is 5.75 Å². The summed E-state index contributed by atoms with van der Waals surface area (Å²) in [6.45, 7) is 4.09. The zero-order chi connectivity index (χ0) is 12.8. The van der Waals surface area contributed by atoms with E-state index in [9.17, 15) is 4.79 Å². The molecule has 0 fully saturated rings. The van der Waals surface area contributed by atoms with Crippen molar-refractivity contribution in [3.8, 4) is 5.75 Å². The summed E-state index contributed by atoms with van der Waals surface area (Å²) >= 11 is 0. The normalized spacial score (nSPS) is 11.9. The fourth-order valence-electron chi connectivity index (χ4n) is 1.69. The Hall–Kier alpha value is -1.71. The van der Waals surface area contributed by atoms with Gasteiger partial charge >= 0.3 is 0 Å². The van der Waals surface area contributed by atoms with E-state index in [1.165, 1.54) is 0 Å². The number of carbonyl (C=O) groups is 1. The van der Waals surface area contributed by atoms with Crippen molar-refractivity contribution >= 4 is 11.6 Å². The number of carbonyl (C=O) groups excluding carboxylic acids is 1. The third-order valence-corrected chi connectivity index (χ3v) is 2.59. The van der Waals surface area contributed by atoms with Crippen LogP contribution >= 0.6 is 0 Å². The largest absolute Gasteiger partial charge is 0.495 e. The zero-order valence-electron chi connectivity index (χ0n) is 10.6. The summed E-state index contributed by atoms with van der Waals surface area (Å²) < 4.78 is 5.04. The molecule has 17 heavy (non-hydrogen) atoms. The number of hydrogen-bond acceptors (Lipinski definition) is 3. The van der Waals surface area contributed by atoms with Gasteiger partial charge in [0.15, 0.2) is 0 Å². The average molecular weight is 236 g/mol. The minimum absolute atomic E-state index is 0.0969. The van der Waals surface area contributed by atoms with Gasteiger partial charge in [0.25, 0.3) is 5.91 Å². The maximum Gasteiger partial charge on any atom is 0.251 e. The molecule has 0 aromatic heterocycles. The quantitative estimate of drug-likeness (QED) is 0.770. The molecule has 1 aromatic carbocycles. The van der Waals surface area contributed by atoms with Gasteiger partial charge in [-0.2, -0.15) is 0 Å². The second-order valence-electron chi connectivity index (χ2n) is 4.12. The van der Waals surface area contributed by atoms with Crippen molar-refractivity contribution in [1.29, 1.82) is 0 Å². The van der Waals surface area contributed by atoms with E-state index in [1.54, 1.807) is 25.3 Å². The lowest BCUT2D eigenvalue weighted by atomic mass is 10.1. The predicted molar refractivity (Wildman–Crippen MR) is 69.2 cm³/mol. The van der Waals surface area contributed by atoms with Gasteiger partial charge < -0.3 is 15.8 Å². The first-order chi connectivity index (χ1) is 8.08. The highest BCUT2D eigenvalue weighted by atomic mass is 16.5. The molecular weight excluding hydrogens is 216 g/mol. The lowest BCUT2D eigenvalue weighted by Crippen LogP contribution is -2.32. The number of nitrogens with two attached hydrogens (primary N) is 1. The van der Waals surface area contributed by atoms with Crippen LogP contribution in [0.15, 0.2) is 18.2 Å². The van der Waals surface area contributed by atoms with E-state index < -0.39 is 0 Å². The summed E-state index contributed by atoms with van der Waals surface area (Å²) in [5, 5.41) is 2.93. The molecule has 0 aliphatic rings. The van der Waals surface area contributed by atoms with Crippen molar-refractivity contribution in [3.63, 3.8) is 0 Å². The maximum absolute atomic E-state index is 11.9. The van der Waals surface area contributed by atoms with Gasteiger partial charge in [-0.25, -0.2) is 0 Å². The molecule has 94 valence electrons. The number of rotatable bonds is 5. The maximum atomic E-state index is 11.9. The number of anilines is 1. The van der Waals surface area contributed by atoms with Crippen molar-refractivity contribution < 1.29 is 9.53 Å². The molecule has 1 atom stereocenters. The van der Waals surface area contributed by atoms with Crippen LogP contribution in [0.2, 0.25) is 0 Å². The van der Waals surface area contributed by atoms with Crippen molar-refractivity contribution in [1.82, 2.24) is 5.32 Å². The second kappa shape index (κ2) is 6.13. The smallest absolute Gasteiger partial charge is 0.251 e. The van der Waals surface area contributed by atoms with Crippen LogP contribution in [-0.2, 0) is 0 Å². The van der Waals surface area contributed by atoms with Crippen LogP contribution in [0, 0.1) is 0 Å². The Labute approximate surface area is 102 Å². The number of amides is 1. The number of methoxy groups -OCH3 is 1. The number of nitrogens with one attached hydrogen (secondary N) is 1. The lowest BCUT2D eigenvalue weighted by molar-refractivity contribution is 0.0938. The SMILES string of the molecule is CCCC(C)NC(=O)c1ccc(OC)c(N)c1. The number of hydrogen-bond donors (Lipinski definition) is 2. The van der Waals surface area contributed by atoms with Crippen LogP contribution in [-0.4, -0.2) is 19.1 Å². The van der Waals surface area contributed by atoms with Gasteiger partial charge in [-0.15, -0.1) is 0 Å². The Balaban J connectivity index is 2.72. The number of benzene rings is 1. The predicted octanol–water partition coefficient (Wildman–Crippen LogP) is 2.20. The molecule has 1 rings (SSSR count). The monoisotopic (exact) mass is 236 g/mol. The highest BCUT2D eigenvalue weighted by Crippen LogP contribution is 2.21. The van der Waals surface area contributed by atoms with Gasteiger partial charge in [-0.05, 0) is 31.5 Å². The standard InChI is InChI=1S/C13H20N2O2/c1-4-5-9(2)15-13(16)10-6-7-12(17-3)11(14)8-10/h6-9H,4-5,14H2,1-3H3,(H,15,16). The van der Waals surface area contributed by atoms with Crippen LogP contribution < -0.4 is 15.8 Å². The van der Waals surface area contributed by atoms with Crippen LogP contribution in [0.4, 0.5) is 5.69 Å². The molecule has 0 saturated heterocycles. The van der Waals surface area contributed by atoms with Crippen molar-refractivity contribution in [2.24, 2.45) is 0 Å². The van der Waals surface area contributed by atoms with Crippen molar-refractivity contribution in [2.45, 2.75) is 32.7 Å². The second-order valence-corrected chi connectivity index (χ2v) is 4.12. The fourth-order valence-corrected chi connectivity index (χ4v) is 1.69. The Bertz CT molecular complexity index is 391. The molecule has 0 saturated carbocycles.